The van der Waals surface area contributed by atoms with Gasteiger partial charge >= 0.3 is 0 Å². The van der Waals surface area contributed by atoms with Crippen LogP contribution in [-0.4, -0.2) is 11.4 Å². The van der Waals surface area contributed by atoms with E-state index in [-0.39, 0.29) is 5.56 Å². The fourth-order valence-corrected chi connectivity index (χ4v) is 1.88. The molecular weight excluding hydrogens is 308 g/mol. The van der Waals surface area contributed by atoms with Crippen molar-refractivity contribution in [3.8, 4) is 0 Å². The Labute approximate surface area is 114 Å². The second-order valence-corrected chi connectivity index (χ2v) is 6.12. The van der Waals surface area contributed by atoms with E-state index < -0.39 is 22.6 Å². The smallest absolute Gasteiger partial charge is 0.243 e. The van der Waals surface area contributed by atoms with E-state index in [4.69, 9.17) is 11.6 Å². The van der Waals surface area contributed by atoms with Crippen LogP contribution in [0.15, 0.2) is 22.7 Å². The van der Waals surface area contributed by atoms with Crippen molar-refractivity contribution in [2.75, 3.05) is 0 Å². The molecule has 1 unspecified atom stereocenters. The van der Waals surface area contributed by atoms with Crippen LogP contribution in [-0.2, 0) is 4.79 Å². The van der Waals surface area contributed by atoms with Gasteiger partial charge in [0, 0.05) is 15.6 Å². The molecule has 94 valence electrons. The highest BCUT2D eigenvalue weighted by Gasteiger charge is 2.24. The van der Waals surface area contributed by atoms with Crippen LogP contribution < -0.4 is 5.32 Å². The van der Waals surface area contributed by atoms with Gasteiger partial charge in [0.05, 0.1) is 0 Å². The number of benzene rings is 1. The molecule has 0 aliphatic carbocycles. The van der Waals surface area contributed by atoms with E-state index in [1.165, 1.54) is 12.1 Å². The van der Waals surface area contributed by atoms with Gasteiger partial charge in [-0.25, -0.2) is 4.39 Å². The number of amides is 1. The fraction of sp³-hybridized carbons (Fsp3) is 0.417. The lowest BCUT2D eigenvalue weighted by molar-refractivity contribution is -0.122. The van der Waals surface area contributed by atoms with E-state index in [9.17, 15) is 9.18 Å². The normalized spacial score (nSPS) is 13.3. The van der Waals surface area contributed by atoms with E-state index in [2.05, 4.69) is 21.2 Å². The van der Waals surface area contributed by atoms with E-state index in [1.54, 1.807) is 6.07 Å². The molecule has 0 saturated heterocycles. The van der Waals surface area contributed by atoms with Crippen LogP contribution in [0.5, 0.6) is 0 Å². The zero-order valence-electron chi connectivity index (χ0n) is 9.85. The summed E-state index contributed by atoms with van der Waals surface area (Å²) in [6.07, 6.45) is 0. The van der Waals surface area contributed by atoms with Crippen LogP contribution in [0.2, 0.25) is 0 Å². The van der Waals surface area contributed by atoms with Crippen LogP contribution in [0.25, 0.3) is 0 Å². The molecule has 1 amide bonds. The summed E-state index contributed by atoms with van der Waals surface area (Å²) in [5.74, 6) is -0.895. The van der Waals surface area contributed by atoms with E-state index >= 15 is 0 Å². The Balaban J connectivity index is 2.92. The molecule has 5 heteroatoms. The maximum absolute atomic E-state index is 13.5. The summed E-state index contributed by atoms with van der Waals surface area (Å²) in [4.78, 5) is 11.8. The van der Waals surface area contributed by atoms with E-state index in [0.29, 0.717) is 4.47 Å². The van der Waals surface area contributed by atoms with Gasteiger partial charge in [0.25, 0.3) is 0 Å². The molecule has 0 spiro atoms. The maximum atomic E-state index is 13.5. The first kappa shape index (κ1) is 14.5. The summed E-state index contributed by atoms with van der Waals surface area (Å²) in [7, 11) is 0. The number of carbonyl (C=O) groups is 1. The number of alkyl halides is 1. The third-order valence-corrected chi connectivity index (χ3v) is 2.89. The Bertz CT molecular complexity index is 431. The molecule has 1 rings (SSSR count). The van der Waals surface area contributed by atoms with Gasteiger partial charge in [-0.15, -0.1) is 11.6 Å². The summed E-state index contributed by atoms with van der Waals surface area (Å²) in [5.41, 5.74) is -0.227. The lowest BCUT2D eigenvalue weighted by Gasteiger charge is -2.22. The fourth-order valence-electron chi connectivity index (χ4n) is 1.28. The molecule has 0 aromatic heterocycles. The SMILES string of the molecule is CC(C)(C)NC(=O)C(Cl)c1cc(Br)ccc1F. The number of carbonyl (C=O) groups excluding carboxylic acids is 1. The van der Waals surface area contributed by atoms with Crippen LogP contribution in [0.3, 0.4) is 0 Å². The molecule has 1 atom stereocenters. The highest BCUT2D eigenvalue weighted by Crippen LogP contribution is 2.27. The molecule has 0 radical (unpaired) electrons. The molecule has 17 heavy (non-hydrogen) atoms. The standard InChI is InChI=1S/C12H14BrClFNO/c1-12(2,3)16-11(17)10(14)8-6-7(13)4-5-9(8)15/h4-6,10H,1-3H3,(H,16,17). The van der Waals surface area contributed by atoms with Crippen molar-refractivity contribution in [1.82, 2.24) is 5.32 Å². The Kier molecular flexibility index (Phi) is 4.55. The summed E-state index contributed by atoms with van der Waals surface area (Å²) in [6.45, 7) is 5.52. The molecule has 1 aromatic carbocycles. The quantitative estimate of drug-likeness (QED) is 0.825. The summed E-state index contributed by atoms with van der Waals surface area (Å²) in [6, 6.07) is 4.35. The number of rotatable bonds is 2. The highest BCUT2D eigenvalue weighted by molar-refractivity contribution is 9.10. The zero-order valence-corrected chi connectivity index (χ0v) is 12.2. The first-order valence-corrected chi connectivity index (χ1v) is 6.35. The first-order chi connectivity index (χ1) is 7.70. The van der Waals surface area contributed by atoms with Gasteiger partial charge in [0.2, 0.25) is 5.91 Å². The molecular formula is C12H14BrClFNO. The maximum Gasteiger partial charge on any atom is 0.243 e. The van der Waals surface area contributed by atoms with Gasteiger partial charge in [-0.05, 0) is 39.0 Å². The summed E-state index contributed by atoms with van der Waals surface area (Å²) < 4.78 is 14.2. The summed E-state index contributed by atoms with van der Waals surface area (Å²) >= 11 is 9.19. The average Bonchev–Trinajstić information content (AvgIpc) is 2.18. The minimum Gasteiger partial charge on any atom is -0.350 e. The van der Waals surface area contributed by atoms with Crippen LogP contribution >= 0.6 is 27.5 Å². The van der Waals surface area contributed by atoms with Gasteiger partial charge in [-0.2, -0.15) is 0 Å². The zero-order chi connectivity index (χ0) is 13.2. The van der Waals surface area contributed by atoms with Crippen molar-refractivity contribution < 1.29 is 9.18 Å². The van der Waals surface area contributed by atoms with Crippen molar-refractivity contribution in [3.63, 3.8) is 0 Å². The Morgan fingerprint density at radius 3 is 2.59 bits per heavy atom. The van der Waals surface area contributed by atoms with Gasteiger partial charge in [-0.1, -0.05) is 15.9 Å². The topological polar surface area (TPSA) is 29.1 Å². The molecule has 0 aliphatic heterocycles. The monoisotopic (exact) mass is 321 g/mol. The van der Waals surface area contributed by atoms with Gasteiger partial charge in [0.15, 0.2) is 0 Å². The summed E-state index contributed by atoms with van der Waals surface area (Å²) in [5, 5.41) is 1.68. The predicted octanol–water partition coefficient (Wildman–Crippen LogP) is 3.78. The lowest BCUT2D eigenvalue weighted by Crippen LogP contribution is -2.42. The Morgan fingerprint density at radius 2 is 2.06 bits per heavy atom. The van der Waals surface area contributed by atoms with Crippen LogP contribution in [0, 0.1) is 5.82 Å². The van der Waals surface area contributed by atoms with Crippen molar-refractivity contribution in [1.29, 1.82) is 0 Å². The second kappa shape index (κ2) is 5.36. The van der Waals surface area contributed by atoms with Crippen molar-refractivity contribution in [2.45, 2.75) is 31.7 Å². The first-order valence-electron chi connectivity index (χ1n) is 5.12. The minimum atomic E-state index is -1.04. The average molecular weight is 323 g/mol. The van der Waals surface area contributed by atoms with Crippen LogP contribution in [0.4, 0.5) is 4.39 Å². The largest absolute Gasteiger partial charge is 0.350 e. The molecule has 0 heterocycles. The van der Waals surface area contributed by atoms with Crippen molar-refractivity contribution in [3.05, 3.63) is 34.1 Å². The molecule has 1 aromatic rings. The Hall–Kier alpha value is -0.610. The van der Waals surface area contributed by atoms with Gasteiger partial charge in [-0.3, -0.25) is 4.79 Å². The van der Waals surface area contributed by atoms with E-state index in [1.807, 2.05) is 20.8 Å². The number of nitrogens with one attached hydrogen (secondary N) is 1. The number of halogens is 3. The van der Waals surface area contributed by atoms with E-state index in [0.717, 1.165) is 0 Å². The molecule has 0 bridgehead atoms. The van der Waals surface area contributed by atoms with Gasteiger partial charge in [0.1, 0.15) is 11.2 Å². The van der Waals surface area contributed by atoms with Gasteiger partial charge < -0.3 is 5.32 Å². The lowest BCUT2D eigenvalue weighted by atomic mass is 10.1. The number of hydrogen-bond donors (Lipinski definition) is 1. The highest BCUT2D eigenvalue weighted by atomic mass is 79.9. The number of hydrogen-bond acceptors (Lipinski definition) is 1. The third kappa shape index (κ3) is 4.28. The molecule has 0 aliphatic rings. The molecule has 0 saturated carbocycles. The van der Waals surface area contributed by atoms with Crippen molar-refractivity contribution in [2.24, 2.45) is 0 Å². The Morgan fingerprint density at radius 1 is 1.47 bits per heavy atom. The second-order valence-electron chi connectivity index (χ2n) is 4.77. The molecule has 0 fully saturated rings. The van der Waals surface area contributed by atoms with Crippen LogP contribution in [0.1, 0.15) is 31.7 Å². The third-order valence-electron chi connectivity index (χ3n) is 1.96. The molecule has 2 nitrogen and oxygen atoms in total. The predicted molar refractivity (Wildman–Crippen MR) is 70.6 cm³/mol. The minimum absolute atomic E-state index is 0.169. The van der Waals surface area contributed by atoms with Crippen molar-refractivity contribution >= 4 is 33.4 Å². The molecule has 1 N–H and O–H groups in total.